The molecule has 2 aromatic rings. The van der Waals surface area contributed by atoms with Gasteiger partial charge in [-0.2, -0.15) is 0 Å². The zero-order valence-corrected chi connectivity index (χ0v) is 15.3. The molecule has 1 heterocycles. The standard InChI is InChI=1S/C18H15BrClNO3/c1-11-8-12-4-2-3-5-16(12)21(11)17(22)10-24-18(23)14-9-13(19)6-7-15(14)20/h2-7,9,11H,8,10H2,1H3/t11-/m0/s1. The third-order valence-electron chi connectivity index (χ3n) is 3.95. The summed E-state index contributed by atoms with van der Waals surface area (Å²) in [6, 6.07) is 12.7. The van der Waals surface area contributed by atoms with Crippen molar-refractivity contribution in [2.75, 3.05) is 11.5 Å². The second kappa shape index (κ2) is 6.95. The van der Waals surface area contributed by atoms with Crippen molar-refractivity contribution in [3.05, 3.63) is 63.1 Å². The van der Waals surface area contributed by atoms with Crippen molar-refractivity contribution in [3.63, 3.8) is 0 Å². The van der Waals surface area contributed by atoms with Gasteiger partial charge in [-0.25, -0.2) is 4.79 Å². The first-order valence-electron chi connectivity index (χ1n) is 7.49. The lowest BCUT2D eigenvalue weighted by molar-refractivity contribution is -0.122. The summed E-state index contributed by atoms with van der Waals surface area (Å²) < 4.78 is 5.88. The van der Waals surface area contributed by atoms with Crippen LogP contribution in [0.3, 0.4) is 0 Å². The zero-order chi connectivity index (χ0) is 17.3. The topological polar surface area (TPSA) is 46.6 Å². The molecular formula is C18H15BrClNO3. The van der Waals surface area contributed by atoms with Gasteiger partial charge in [0.2, 0.25) is 0 Å². The number of rotatable bonds is 3. The average Bonchev–Trinajstić information content (AvgIpc) is 2.90. The molecule has 1 atom stereocenters. The van der Waals surface area contributed by atoms with Crippen LogP contribution in [-0.2, 0) is 16.0 Å². The molecule has 0 saturated heterocycles. The number of fused-ring (bicyclic) bond motifs is 1. The van der Waals surface area contributed by atoms with Gasteiger partial charge in [0.25, 0.3) is 5.91 Å². The first kappa shape index (κ1) is 17.0. The van der Waals surface area contributed by atoms with Crippen LogP contribution in [0.5, 0.6) is 0 Å². The maximum atomic E-state index is 12.5. The largest absolute Gasteiger partial charge is 0.452 e. The Morgan fingerprint density at radius 1 is 1.29 bits per heavy atom. The van der Waals surface area contributed by atoms with Crippen LogP contribution >= 0.6 is 27.5 Å². The maximum absolute atomic E-state index is 12.5. The SMILES string of the molecule is C[C@H]1Cc2ccccc2N1C(=O)COC(=O)c1cc(Br)ccc1Cl. The van der Waals surface area contributed by atoms with Crippen molar-refractivity contribution in [1.82, 2.24) is 0 Å². The molecule has 2 aromatic carbocycles. The smallest absolute Gasteiger partial charge is 0.340 e. The third-order valence-corrected chi connectivity index (χ3v) is 4.77. The lowest BCUT2D eigenvalue weighted by atomic mass is 10.1. The van der Waals surface area contributed by atoms with Gasteiger partial charge in [0.1, 0.15) is 0 Å². The lowest BCUT2D eigenvalue weighted by Crippen LogP contribution is -2.38. The Labute approximate surface area is 153 Å². The van der Waals surface area contributed by atoms with Crippen LogP contribution in [0.1, 0.15) is 22.8 Å². The molecule has 6 heteroatoms. The van der Waals surface area contributed by atoms with E-state index in [1.165, 1.54) is 0 Å². The van der Waals surface area contributed by atoms with Crippen LogP contribution in [-0.4, -0.2) is 24.5 Å². The highest BCUT2D eigenvalue weighted by Crippen LogP contribution is 2.31. The number of hydrogen-bond donors (Lipinski definition) is 0. The van der Waals surface area contributed by atoms with Crippen LogP contribution in [0.2, 0.25) is 5.02 Å². The Kier molecular flexibility index (Phi) is 4.92. The van der Waals surface area contributed by atoms with Gasteiger partial charge in [0.15, 0.2) is 6.61 Å². The van der Waals surface area contributed by atoms with Gasteiger partial charge < -0.3 is 9.64 Å². The Hall–Kier alpha value is -1.85. The second-order valence-electron chi connectivity index (χ2n) is 5.65. The fourth-order valence-electron chi connectivity index (χ4n) is 2.87. The molecule has 1 aliphatic heterocycles. The van der Waals surface area contributed by atoms with Crippen molar-refractivity contribution in [1.29, 1.82) is 0 Å². The quantitative estimate of drug-likeness (QED) is 0.714. The normalized spacial score (nSPS) is 16.0. The number of anilines is 1. The summed E-state index contributed by atoms with van der Waals surface area (Å²) in [4.78, 5) is 26.4. The molecule has 1 aliphatic rings. The Morgan fingerprint density at radius 3 is 2.83 bits per heavy atom. The number of benzene rings is 2. The van der Waals surface area contributed by atoms with E-state index in [9.17, 15) is 9.59 Å². The first-order valence-corrected chi connectivity index (χ1v) is 8.66. The van der Waals surface area contributed by atoms with E-state index in [4.69, 9.17) is 16.3 Å². The molecule has 0 aliphatic carbocycles. The number of carbonyl (C=O) groups is 2. The minimum atomic E-state index is -0.616. The van der Waals surface area contributed by atoms with Crippen LogP contribution in [0, 0.1) is 0 Å². The molecular weight excluding hydrogens is 394 g/mol. The summed E-state index contributed by atoms with van der Waals surface area (Å²) in [6.07, 6.45) is 0.799. The van der Waals surface area contributed by atoms with E-state index >= 15 is 0 Å². The third kappa shape index (κ3) is 3.32. The van der Waals surface area contributed by atoms with Gasteiger partial charge >= 0.3 is 5.97 Å². The predicted octanol–water partition coefficient (Wildman–Crippen LogP) is 4.24. The van der Waals surface area contributed by atoms with Crippen molar-refractivity contribution < 1.29 is 14.3 Å². The summed E-state index contributed by atoms with van der Waals surface area (Å²) in [6.45, 7) is 1.66. The lowest BCUT2D eigenvalue weighted by Gasteiger charge is -2.22. The molecule has 0 N–H and O–H groups in total. The zero-order valence-electron chi connectivity index (χ0n) is 13.0. The van der Waals surface area contributed by atoms with Crippen molar-refractivity contribution in [2.24, 2.45) is 0 Å². The number of carbonyl (C=O) groups excluding carboxylic acids is 2. The van der Waals surface area contributed by atoms with Crippen LogP contribution in [0.15, 0.2) is 46.9 Å². The number of nitrogens with zero attached hydrogens (tertiary/aromatic N) is 1. The summed E-state index contributed by atoms with van der Waals surface area (Å²) in [5.74, 6) is -0.860. The molecule has 0 saturated carbocycles. The van der Waals surface area contributed by atoms with Crippen molar-refractivity contribution in [3.8, 4) is 0 Å². The molecule has 0 spiro atoms. The minimum Gasteiger partial charge on any atom is -0.452 e. The number of ether oxygens (including phenoxy) is 1. The molecule has 124 valence electrons. The fourth-order valence-corrected chi connectivity index (χ4v) is 3.43. The highest BCUT2D eigenvalue weighted by atomic mass is 79.9. The second-order valence-corrected chi connectivity index (χ2v) is 6.97. The Bertz CT molecular complexity index is 809. The summed E-state index contributed by atoms with van der Waals surface area (Å²) >= 11 is 9.29. The van der Waals surface area contributed by atoms with E-state index in [2.05, 4.69) is 15.9 Å². The van der Waals surface area contributed by atoms with E-state index in [1.807, 2.05) is 31.2 Å². The highest BCUT2D eigenvalue weighted by Gasteiger charge is 2.31. The van der Waals surface area contributed by atoms with E-state index in [0.29, 0.717) is 4.47 Å². The molecule has 4 nitrogen and oxygen atoms in total. The number of hydrogen-bond acceptors (Lipinski definition) is 3. The minimum absolute atomic E-state index is 0.0445. The van der Waals surface area contributed by atoms with E-state index in [0.717, 1.165) is 17.7 Å². The van der Waals surface area contributed by atoms with E-state index in [1.54, 1.807) is 23.1 Å². The maximum Gasteiger partial charge on any atom is 0.340 e. The van der Waals surface area contributed by atoms with E-state index in [-0.39, 0.29) is 29.1 Å². The number of halogens is 2. The molecule has 24 heavy (non-hydrogen) atoms. The number of para-hydroxylation sites is 1. The first-order chi connectivity index (χ1) is 11.5. The Balaban J connectivity index is 1.70. The Morgan fingerprint density at radius 2 is 2.04 bits per heavy atom. The molecule has 0 radical (unpaired) electrons. The number of esters is 1. The highest BCUT2D eigenvalue weighted by molar-refractivity contribution is 9.10. The average molecular weight is 409 g/mol. The molecule has 0 fully saturated rings. The van der Waals surface area contributed by atoms with Gasteiger partial charge in [-0.1, -0.05) is 45.7 Å². The fraction of sp³-hybridized carbons (Fsp3) is 0.222. The molecule has 1 amide bonds. The monoisotopic (exact) mass is 407 g/mol. The predicted molar refractivity (Wildman–Crippen MR) is 96.5 cm³/mol. The molecule has 0 bridgehead atoms. The van der Waals surface area contributed by atoms with Crippen LogP contribution < -0.4 is 4.90 Å². The van der Waals surface area contributed by atoms with Crippen molar-refractivity contribution in [2.45, 2.75) is 19.4 Å². The summed E-state index contributed by atoms with van der Waals surface area (Å²) in [5.41, 5.74) is 2.24. The van der Waals surface area contributed by atoms with Gasteiger partial charge in [0.05, 0.1) is 10.6 Å². The van der Waals surface area contributed by atoms with Gasteiger partial charge in [-0.3, -0.25) is 4.79 Å². The van der Waals surface area contributed by atoms with Crippen molar-refractivity contribution >= 4 is 45.1 Å². The molecule has 0 unspecified atom stereocenters. The van der Waals surface area contributed by atoms with Gasteiger partial charge in [0, 0.05) is 16.2 Å². The molecule has 3 rings (SSSR count). The van der Waals surface area contributed by atoms with Gasteiger partial charge in [-0.15, -0.1) is 0 Å². The van der Waals surface area contributed by atoms with Crippen LogP contribution in [0.4, 0.5) is 5.69 Å². The molecule has 0 aromatic heterocycles. The summed E-state index contributed by atoms with van der Waals surface area (Å²) in [5, 5.41) is 0.288. The van der Waals surface area contributed by atoms with E-state index < -0.39 is 5.97 Å². The summed E-state index contributed by atoms with van der Waals surface area (Å²) in [7, 11) is 0. The van der Waals surface area contributed by atoms with Crippen LogP contribution in [0.25, 0.3) is 0 Å². The van der Waals surface area contributed by atoms with Gasteiger partial charge in [-0.05, 0) is 43.2 Å². The number of amides is 1.